The predicted octanol–water partition coefficient (Wildman–Crippen LogP) is 2.34. The van der Waals surface area contributed by atoms with Gasteiger partial charge in [0.1, 0.15) is 0 Å². The van der Waals surface area contributed by atoms with Crippen LogP contribution in [0.3, 0.4) is 0 Å². The lowest BCUT2D eigenvalue weighted by Gasteiger charge is -2.03. The third kappa shape index (κ3) is 2.22. The predicted molar refractivity (Wildman–Crippen MR) is 59.5 cm³/mol. The van der Waals surface area contributed by atoms with Crippen LogP contribution in [0.5, 0.6) is 0 Å². The number of aromatic nitrogens is 2. The first-order valence-corrected chi connectivity index (χ1v) is 5.23. The van der Waals surface area contributed by atoms with Gasteiger partial charge >= 0.3 is 5.97 Å². The van der Waals surface area contributed by atoms with Gasteiger partial charge in [0.15, 0.2) is 11.6 Å². The minimum absolute atomic E-state index is 0.331. The molecule has 1 atom stereocenters. The maximum atomic E-state index is 13.0. The van der Waals surface area contributed by atoms with E-state index in [-0.39, 0.29) is 0 Å². The molecule has 0 bridgehead atoms. The fraction of sp³-hybridized carbons (Fsp3) is 0.167. The second-order valence-corrected chi connectivity index (χ2v) is 3.84. The van der Waals surface area contributed by atoms with Crippen LogP contribution in [0.25, 0.3) is 5.69 Å². The third-order valence-corrected chi connectivity index (χ3v) is 2.59. The molecule has 4 nitrogen and oxygen atoms in total. The lowest BCUT2D eigenvalue weighted by molar-refractivity contribution is -0.138. The number of benzene rings is 1. The number of hydrogen-bond acceptors (Lipinski definition) is 2. The smallest absolute Gasteiger partial charge is 0.312 e. The van der Waals surface area contributed by atoms with Gasteiger partial charge in [-0.15, -0.1) is 0 Å². The van der Waals surface area contributed by atoms with Gasteiger partial charge < -0.3 is 5.11 Å². The Morgan fingerprint density at radius 1 is 1.33 bits per heavy atom. The number of nitrogens with zero attached hydrogens (tertiary/aromatic N) is 2. The van der Waals surface area contributed by atoms with Crippen molar-refractivity contribution in [2.45, 2.75) is 12.8 Å². The zero-order valence-corrected chi connectivity index (χ0v) is 9.47. The molecule has 0 saturated heterocycles. The minimum Gasteiger partial charge on any atom is -0.481 e. The molecule has 0 aliphatic carbocycles. The molecular formula is C12H10F2N2O2. The summed E-state index contributed by atoms with van der Waals surface area (Å²) in [6.07, 6.45) is 1.50. The second kappa shape index (κ2) is 4.56. The van der Waals surface area contributed by atoms with Gasteiger partial charge in [-0.2, -0.15) is 5.10 Å². The first-order chi connectivity index (χ1) is 8.49. The highest BCUT2D eigenvalue weighted by Crippen LogP contribution is 2.16. The molecule has 1 N–H and O–H groups in total. The molecule has 0 fully saturated rings. The average Bonchev–Trinajstić information content (AvgIpc) is 2.81. The van der Waals surface area contributed by atoms with Crippen molar-refractivity contribution in [2.24, 2.45) is 0 Å². The molecule has 0 spiro atoms. The average molecular weight is 252 g/mol. The number of aliphatic carboxylic acids is 1. The van der Waals surface area contributed by atoms with E-state index in [4.69, 9.17) is 5.11 Å². The normalized spacial score (nSPS) is 12.4. The highest BCUT2D eigenvalue weighted by molar-refractivity contribution is 5.74. The summed E-state index contributed by atoms with van der Waals surface area (Å²) in [6, 6.07) is 4.88. The second-order valence-electron chi connectivity index (χ2n) is 3.84. The zero-order chi connectivity index (χ0) is 13.3. The van der Waals surface area contributed by atoms with Crippen LogP contribution in [-0.4, -0.2) is 20.9 Å². The highest BCUT2D eigenvalue weighted by atomic mass is 19.2. The molecule has 1 aromatic heterocycles. The number of carboxylic acid groups (broad SMARTS) is 1. The molecule has 18 heavy (non-hydrogen) atoms. The quantitative estimate of drug-likeness (QED) is 0.912. The lowest BCUT2D eigenvalue weighted by atomic mass is 10.1. The van der Waals surface area contributed by atoms with E-state index < -0.39 is 23.5 Å². The lowest BCUT2D eigenvalue weighted by Crippen LogP contribution is -2.08. The standard InChI is InChI=1S/C12H10F2N2O2/c1-7(12(17)18)11-4-5-16(15-11)8-2-3-9(13)10(14)6-8/h2-7H,1H3,(H,17,18). The van der Waals surface area contributed by atoms with Crippen molar-refractivity contribution in [2.75, 3.05) is 0 Å². The van der Waals surface area contributed by atoms with E-state index in [1.165, 1.54) is 29.9 Å². The Hall–Kier alpha value is -2.24. The van der Waals surface area contributed by atoms with E-state index in [9.17, 15) is 13.6 Å². The van der Waals surface area contributed by atoms with Crippen molar-refractivity contribution in [3.8, 4) is 5.69 Å². The van der Waals surface area contributed by atoms with Gasteiger partial charge in [-0.25, -0.2) is 13.5 Å². The van der Waals surface area contributed by atoms with Gasteiger partial charge in [0.25, 0.3) is 0 Å². The Bertz CT molecular complexity index is 596. The maximum absolute atomic E-state index is 13.0. The van der Waals surface area contributed by atoms with Crippen LogP contribution < -0.4 is 0 Å². The summed E-state index contributed by atoms with van der Waals surface area (Å²) in [4.78, 5) is 10.8. The van der Waals surface area contributed by atoms with E-state index in [1.807, 2.05) is 0 Å². The van der Waals surface area contributed by atoms with Crippen molar-refractivity contribution in [1.29, 1.82) is 0 Å². The Morgan fingerprint density at radius 2 is 2.06 bits per heavy atom. The SMILES string of the molecule is CC(C(=O)O)c1ccn(-c2ccc(F)c(F)c2)n1. The topological polar surface area (TPSA) is 55.1 Å². The molecule has 2 aromatic rings. The summed E-state index contributed by atoms with van der Waals surface area (Å²) in [6.45, 7) is 1.50. The molecule has 1 unspecified atom stereocenters. The van der Waals surface area contributed by atoms with Crippen LogP contribution >= 0.6 is 0 Å². The summed E-state index contributed by atoms with van der Waals surface area (Å²) in [5, 5.41) is 12.9. The van der Waals surface area contributed by atoms with Crippen molar-refractivity contribution in [1.82, 2.24) is 9.78 Å². The third-order valence-electron chi connectivity index (χ3n) is 2.59. The summed E-state index contributed by atoms with van der Waals surface area (Å²) < 4.78 is 27.1. The van der Waals surface area contributed by atoms with E-state index in [2.05, 4.69) is 5.10 Å². The van der Waals surface area contributed by atoms with Crippen LogP contribution in [-0.2, 0) is 4.79 Å². The van der Waals surface area contributed by atoms with Crippen LogP contribution in [0, 0.1) is 11.6 Å². The summed E-state index contributed by atoms with van der Waals surface area (Å²) in [7, 11) is 0. The van der Waals surface area contributed by atoms with Crippen LogP contribution in [0.4, 0.5) is 8.78 Å². The molecule has 1 heterocycles. The molecule has 94 valence electrons. The van der Waals surface area contributed by atoms with Crippen molar-refractivity contribution in [3.05, 3.63) is 47.8 Å². The number of carboxylic acids is 1. The summed E-state index contributed by atoms with van der Waals surface area (Å²) >= 11 is 0. The Morgan fingerprint density at radius 3 is 2.67 bits per heavy atom. The highest BCUT2D eigenvalue weighted by Gasteiger charge is 2.16. The summed E-state index contributed by atoms with van der Waals surface area (Å²) in [5.74, 6) is -3.66. The fourth-order valence-corrected chi connectivity index (χ4v) is 1.47. The van der Waals surface area contributed by atoms with E-state index in [0.717, 1.165) is 12.1 Å². The van der Waals surface area contributed by atoms with Gasteiger partial charge in [-0.3, -0.25) is 4.79 Å². The zero-order valence-electron chi connectivity index (χ0n) is 9.47. The van der Waals surface area contributed by atoms with E-state index >= 15 is 0 Å². The molecule has 0 radical (unpaired) electrons. The van der Waals surface area contributed by atoms with Crippen molar-refractivity contribution >= 4 is 5.97 Å². The van der Waals surface area contributed by atoms with Crippen molar-refractivity contribution in [3.63, 3.8) is 0 Å². The number of halogens is 2. The first-order valence-electron chi connectivity index (χ1n) is 5.23. The maximum Gasteiger partial charge on any atom is 0.312 e. The van der Waals surface area contributed by atoms with E-state index in [0.29, 0.717) is 11.4 Å². The largest absolute Gasteiger partial charge is 0.481 e. The number of rotatable bonds is 3. The van der Waals surface area contributed by atoms with E-state index in [1.54, 1.807) is 0 Å². The fourth-order valence-electron chi connectivity index (χ4n) is 1.47. The Balaban J connectivity index is 2.35. The van der Waals surface area contributed by atoms with Crippen LogP contribution in [0.1, 0.15) is 18.5 Å². The van der Waals surface area contributed by atoms with Gasteiger partial charge in [0, 0.05) is 12.3 Å². The van der Waals surface area contributed by atoms with Crippen molar-refractivity contribution < 1.29 is 18.7 Å². The monoisotopic (exact) mass is 252 g/mol. The number of carbonyl (C=O) groups is 1. The molecule has 0 amide bonds. The summed E-state index contributed by atoms with van der Waals surface area (Å²) in [5.41, 5.74) is 0.685. The minimum atomic E-state index is -0.995. The van der Waals surface area contributed by atoms with Gasteiger partial charge in [-0.05, 0) is 25.1 Å². The molecule has 2 rings (SSSR count). The van der Waals surface area contributed by atoms with Gasteiger partial charge in [-0.1, -0.05) is 0 Å². The van der Waals surface area contributed by atoms with Gasteiger partial charge in [0.2, 0.25) is 0 Å². The Labute approximate surface area is 101 Å². The molecule has 1 aromatic carbocycles. The molecule has 0 aliphatic rings. The van der Waals surface area contributed by atoms with Crippen LogP contribution in [0.2, 0.25) is 0 Å². The molecule has 0 aliphatic heterocycles. The number of hydrogen-bond donors (Lipinski definition) is 1. The molecule has 6 heteroatoms. The van der Waals surface area contributed by atoms with Crippen LogP contribution in [0.15, 0.2) is 30.5 Å². The molecular weight excluding hydrogens is 242 g/mol. The Kier molecular flexibility index (Phi) is 3.10. The molecule has 0 saturated carbocycles. The van der Waals surface area contributed by atoms with Gasteiger partial charge in [0.05, 0.1) is 17.3 Å². The first kappa shape index (κ1) is 12.2.